The number of rotatable bonds is 7. The number of nitrogens with two attached hydrogens (primary N) is 1. The van der Waals surface area contributed by atoms with Gasteiger partial charge in [-0.15, -0.1) is 0 Å². The van der Waals surface area contributed by atoms with Crippen molar-refractivity contribution in [2.75, 3.05) is 6.54 Å². The van der Waals surface area contributed by atoms with Crippen LogP contribution >= 0.6 is 0 Å². The van der Waals surface area contributed by atoms with Crippen molar-refractivity contribution in [2.45, 2.75) is 25.9 Å². The van der Waals surface area contributed by atoms with Crippen LogP contribution in [0.4, 0.5) is 0 Å². The fourth-order valence-corrected chi connectivity index (χ4v) is 1.91. The van der Waals surface area contributed by atoms with Gasteiger partial charge in [-0.05, 0) is 62.7 Å². The van der Waals surface area contributed by atoms with Gasteiger partial charge in [-0.25, -0.2) is 0 Å². The third-order valence-electron chi connectivity index (χ3n) is 2.95. The van der Waals surface area contributed by atoms with Crippen molar-refractivity contribution in [1.82, 2.24) is 0 Å². The predicted octanol–water partition coefficient (Wildman–Crippen LogP) is 3.99. The van der Waals surface area contributed by atoms with Gasteiger partial charge in [-0.3, -0.25) is 0 Å². The Balaban J connectivity index is 1.89. The van der Waals surface area contributed by atoms with Crippen molar-refractivity contribution < 1.29 is 9.47 Å². The summed E-state index contributed by atoms with van der Waals surface area (Å²) in [5.74, 6) is 2.49. The maximum atomic E-state index is 5.81. The highest BCUT2D eigenvalue weighted by Crippen LogP contribution is 2.24. The van der Waals surface area contributed by atoms with E-state index < -0.39 is 0 Å². The molecule has 3 nitrogen and oxygen atoms in total. The highest BCUT2D eigenvalue weighted by molar-refractivity contribution is 5.35. The summed E-state index contributed by atoms with van der Waals surface area (Å²) in [5.41, 5.74) is 5.49. The van der Waals surface area contributed by atoms with E-state index in [9.17, 15) is 0 Å². The lowest BCUT2D eigenvalue weighted by molar-refractivity contribution is 0.208. The molecule has 2 rings (SSSR count). The molecule has 0 saturated carbocycles. The van der Waals surface area contributed by atoms with E-state index in [4.69, 9.17) is 15.2 Å². The van der Waals surface area contributed by atoms with Crippen molar-refractivity contribution in [1.29, 1.82) is 0 Å². The van der Waals surface area contributed by atoms with Crippen LogP contribution in [-0.2, 0) is 0 Å². The number of benzene rings is 2. The Morgan fingerprint density at radius 1 is 0.900 bits per heavy atom. The van der Waals surface area contributed by atoms with Crippen LogP contribution in [0.15, 0.2) is 54.6 Å². The monoisotopic (exact) mass is 271 g/mol. The molecule has 0 aliphatic heterocycles. The van der Waals surface area contributed by atoms with Crippen LogP contribution in [0.5, 0.6) is 17.2 Å². The Morgan fingerprint density at radius 2 is 1.50 bits per heavy atom. The lowest BCUT2D eigenvalue weighted by Gasteiger charge is -2.14. The molecule has 0 aromatic heterocycles. The molecule has 0 heterocycles. The maximum absolute atomic E-state index is 5.81. The van der Waals surface area contributed by atoms with Gasteiger partial charge in [0.1, 0.15) is 17.2 Å². The topological polar surface area (TPSA) is 44.5 Å². The van der Waals surface area contributed by atoms with E-state index in [2.05, 4.69) is 6.92 Å². The molecule has 20 heavy (non-hydrogen) atoms. The molecule has 106 valence electrons. The molecular weight excluding hydrogens is 250 g/mol. The van der Waals surface area contributed by atoms with Gasteiger partial charge in [0.25, 0.3) is 0 Å². The first-order chi connectivity index (χ1) is 9.78. The summed E-state index contributed by atoms with van der Waals surface area (Å²) in [6.45, 7) is 2.77. The molecular formula is C17H21NO2. The van der Waals surface area contributed by atoms with Crippen LogP contribution in [0.3, 0.4) is 0 Å². The van der Waals surface area contributed by atoms with Crippen molar-refractivity contribution >= 4 is 0 Å². The van der Waals surface area contributed by atoms with Crippen molar-refractivity contribution in [3.63, 3.8) is 0 Å². The molecule has 2 aromatic rings. The molecule has 0 fully saturated rings. The molecule has 0 amide bonds. The van der Waals surface area contributed by atoms with Crippen molar-refractivity contribution in [2.24, 2.45) is 5.73 Å². The van der Waals surface area contributed by atoms with Crippen LogP contribution < -0.4 is 15.2 Å². The smallest absolute Gasteiger partial charge is 0.127 e. The first kappa shape index (κ1) is 14.4. The summed E-state index contributed by atoms with van der Waals surface area (Å²) in [6.07, 6.45) is 2.13. The van der Waals surface area contributed by atoms with E-state index in [1.807, 2.05) is 54.6 Å². The number of hydrogen-bond acceptors (Lipinski definition) is 3. The highest BCUT2D eigenvalue weighted by Gasteiger charge is 2.04. The summed E-state index contributed by atoms with van der Waals surface area (Å²) in [4.78, 5) is 0. The largest absolute Gasteiger partial charge is 0.491 e. The SMILES string of the molecule is CC(CCCN)Oc1ccc(Oc2ccccc2)cc1. The third-order valence-corrected chi connectivity index (χ3v) is 2.95. The van der Waals surface area contributed by atoms with Gasteiger partial charge in [0.15, 0.2) is 0 Å². The van der Waals surface area contributed by atoms with E-state index >= 15 is 0 Å². The normalized spacial score (nSPS) is 11.9. The Bertz CT molecular complexity index is 496. The summed E-state index contributed by atoms with van der Waals surface area (Å²) < 4.78 is 11.5. The van der Waals surface area contributed by atoms with E-state index in [1.165, 1.54) is 0 Å². The van der Waals surface area contributed by atoms with Gasteiger partial charge in [-0.2, -0.15) is 0 Å². The second-order valence-electron chi connectivity index (χ2n) is 4.75. The summed E-state index contributed by atoms with van der Waals surface area (Å²) in [7, 11) is 0. The van der Waals surface area contributed by atoms with Crippen molar-refractivity contribution in [3.8, 4) is 17.2 Å². The van der Waals surface area contributed by atoms with Crippen molar-refractivity contribution in [3.05, 3.63) is 54.6 Å². The van der Waals surface area contributed by atoms with E-state index in [-0.39, 0.29) is 6.10 Å². The van der Waals surface area contributed by atoms with E-state index in [0.29, 0.717) is 6.54 Å². The second kappa shape index (κ2) is 7.56. The summed E-state index contributed by atoms with van der Waals surface area (Å²) in [6, 6.07) is 17.4. The first-order valence-electron chi connectivity index (χ1n) is 6.97. The van der Waals surface area contributed by atoms with Crippen LogP contribution in [0.2, 0.25) is 0 Å². The van der Waals surface area contributed by atoms with Gasteiger partial charge in [0.2, 0.25) is 0 Å². The molecule has 2 aromatic carbocycles. The Labute approximate surface area is 120 Å². The standard InChI is InChI=1S/C17H21NO2/c1-14(6-5-13-18)19-16-9-11-17(12-10-16)20-15-7-3-2-4-8-15/h2-4,7-12,14H,5-6,13,18H2,1H3. The summed E-state index contributed by atoms with van der Waals surface area (Å²) in [5, 5.41) is 0. The minimum absolute atomic E-state index is 0.180. The highest BCUT2D eigenvalue weighted by atomic mass is 16.5. The molecule has 0 aliphatic rings. The van der Waals surface area contributed by atoms with E-state index in [1.54, 1.807) is 0 Å². The van der Waals surface area contributed by atoms with Gasteiger partial charge >= 0.3 is 0 Å². The predicted molar refractivity (Wildman–Crippen MR) is 81.3 cm³/mol. The number of hydrogen-bond donors (Lipinski definition) is 1. The third kappa shape index (κ3) is 4.59. The number of para-hydroxylation sites is 1. The first-order valence-corrected chi connectivity index (χ1v) is 6.97. The van der Waals surface area contributed by atoms with Gasteiger partial charge in [0.05, 0.1) is 6.10 Å². The molecule has 0 spiro atoms. The fraction of sp³-hybridized carbons (Fsp3) is 0.294. The zero-order valence-electron chi connectivity index (χ0n) is 11.8. The molecule has 1 unspecified atom stereocenters. The fourth-order valence-electron chi connectivity index (χ4n) is 1.91. The van der Waals surface area contributed by atoms with Crippen LogP contribution in [-0.4, -0.2) is 12.6 Å². The zero-order valence-corrected chi connectivity index (χ0v) is 11.8. The average molecular weight is 271 g/mol. The minimum atomic E-state index is 0.180. The second-order valence-corrected chi connectivity index (χ2v) is 4.75. The lowest BCUT2D eigenvalue weighted by atomic mass is 10.2. The van der Waals surface area contributed by atoms with E-state index in [0.717, 1.165) is 30.1 Å². The summed E-state index contributed by atoms with van der Waals surface area (Å²) >= 11 is 0. The molecule has 0 saturated heterocycles. The van der Waals surface area contributed by atoms with Gasteiger partial charge in [0, 0.05) is 0 Å². The maximum Gasteiger partial charge on any atom is 0.127 e. The molecule has 0 radical (unpaired) electrons. The van der Waals surface area contributed by atoms with Gasteiger partial charge in [-0.1, -0.05) is 18.2 Å². The molecule has 1 atom stereocenters. The average Bonchev–Trinajstić information content (AvgIpc) is 2.48. The lowest BCUT2D eigenvalue weighted by Crippen LogP contribution is -2.13. The molecule has 3 heteroatoms. The number of ether oxygens (including phenoxy) is 2. The van der Waals surface area contributed by atoms with Crippen LogP contribution in [0, 0.1) is 0 Å². The van der Waals surface area contributed by atoms with Gasteiger partial charge < -0.3 is 15.2 Å². The Morgan fingerprint density at radius 3 is 2.15 bits per heavy atom. The minimum Gasteiger partial charge on any atom is -0.491 e. The Kier molecular flexibility index (Phi) is 5.44. The Hall–Kier alpha value is -2.00. The molecule has 2 N–H and O–H groups in total. The molecule has 0 aliphatic carbocycles. The zero-order chi connectivity index (χ0) is 14.2. The van der Waals surface area contributed by atoms with Crippen LogP contribution in [0.1, 0.15) is 19.8 Å². The quantitative estimate of drug-likeness (QED) is 0.828. The molecule has 0 bridgehead atoms. The van der Waals surface area contributed by atoms with Crippen LogP contribution in [0.25, 0.3) is 0 Å².